The van der Waals surface area contributed by atoms with Gasteiger partial charge in [0.25, 0.3) is 0 Å². The summed E-state index contributed by atoms with van der Waals surface area (Å²) in [6.07, 6.45) is 1.27. The van der Waals surface area contributed by atoms with E-state index in [-0.39, 0.29) is 5.78 Å². The van der Waals surface area contributed by atoms with Gasteiger partial charge in [-0.2, -0.15) is 0 Å². The summed E-state index contributed by atoms with van der Waals surface area (Å²) in [6.45, 7) is 2.00. The van der Waals surface area contributed by atoms with Crippen LogP contribution in [0.2, 0.25) is 5.02 Å². The van der Waals surface area contributed by atoms with Crippen molar-refractivity contribution >= 4 is 23.4 Å². The summed E-state index contributed by atoms with van der Waals surface area (Å²) in [5.74, 6) is -0.671. The van der Waals surface area contributed by atoms with E-state index in [1.54, 1.807) is 48.5 Å². The van der Waals surface area contributed by atoms with Crippen LogP contribution in [-0.4, -0.2) is 23.0 Å². The standard InChI is InChI=1S/C19H19ClO4/c1-2-3-4-17(19(22)23)24-16-11-7-14(8-12-16)18(21)13-5-9-15(20)10-6-13/h5-12,17H,2-4H2,1H3,(H,22,23). The van der Waals surface area contributed by atoms with Crippen molar-refractivity contribution in [2.75, 3.05) is 0 Å². The molecule has 0 saturated carbocycles. The smallest absolute Gasteiger partial charge is 0.344 e. The Kier molecular flexibility index (Phi) is 6.38. The van der Waals surface area contributed by atoms with E-state index in [1.807, 2.05) is 6.92 Å². The lowest BCUT2D eigenvalue weighted by atomic mass is 10.0. The summed E-state index contributed by atoms with van der Waals surface area (Å²) in [5, 5.41) is 9.76. The Hall–Kier alpha value is -2.33. The Morgan fingerprint density at radius 3 is 2.08 bits per heavy atom. The molecule has 1 unspecified atom stereocenters. The average Bonchev–Trinajstić information content (AvgIpc) is 2.59. The van der Waals surface area contributed by atoms with Gasteiger partial charge in [0.05, 0.1) is 0 Å². The largest absolute Gasteiger partial charge is 0.479 e. The molecule has 2 rings (SSSR count). The highest BCUT2D eigenvalue weighted by atomic mass is 35.5. The fourth-order valence-electron chi connectivity index (χ4n) is 2.24. The third kappa shape index (κ3) is 4.83. The molecule has 0 aliphatic rings. The van der Waals surface area contributed by atoms with Crippen LogP contribution in [0, 0.1) is 0 Å². The molecule has 0 aliphatic carbocycles. The summed E-state index contributed by atoms with van der Waals surface area (Å²) in [5.41, 5.74) is 1.05. The molecule has 0 saturated heterocycles. The predicted molar refractivity (Wildman–Crippen MR) is 92.9 cm³/mol. The maximum atomic E-state index is 12.4. The van der Waals surface area contributed by atoms with Gasteiger partial charge in [-0.1, -0.05) is 24.9 Å². The number of carboxylic acids is 1. The fourth-order valence-corrected chi connectivity index (χ4v) is 2.37. The second kappa shape index (κ2) is 8.50. The number of rotatable bonds is 8. The van der Waals surface area contributed by atoms with Gasteiger partial charge in [-0.05, 0) is 61.4 Å². The average molecular weight is 347 g/mol. The van der Waals surface area contributed by atoms with Gasteiger partial charge in [0.15, 0.2) is 11.9 Å². The van der Waals surface area contributed by atoms with Crippen molar-refractivity contribution in [3.63, 3.8) is 0 Å². The van der Waals surface area contributed by atoms with E-state index in [9.17, 15) is 14.7 Å². The highest BCUT2D eigenvalue weighted by molar-refractivity contribution is 6.30. The van der Waals surface area contributed by atoms with Crippen LogP contribution in [0.15, 0.2) is 48.5 Å². The number of carbonyl (C=O) groups is 2. The zero-order valence-electron chi connectivity index (χ0n) is 13.4. The van der Waals surface area contributed by atoms with Crippen LogP contribution in [0.4, 0.5) is 0 Å². The van der Waals surface area contributed by atoms with E-state index in [0.29, 0.717) is 28.3 Å². The summed E-state index contributed by atoms with van der Waals surface area (Å²) >= 11 is 5.82. The van der Waals surface area contributed by atoms with Crippen LogP contribution >= 0.6 is 11.6 Å². The molecule has 126 valence electrons. The van der Waals surface area contributed by atoms with E-state index in [2.05, 4.69) is 0 Å². The van der Waals surface area contributed by atoms with Gasteiger partial charge < -0.3 is 9.84 Å². The first-order chi connectivity index (χ1) is 11.5. The summed E-state index contributed by atoms with van der Waals surface area (Å²) in [6, 6.07) is 13.2. The maximum Gasteiger partial charge on any atom is 0.344 e. The van der Waals surface area contributed by atoms with Crippen LogP contribution in [-0.2, 0) is 4.79 Å². The van der Waals surface area contributed by atoms with E-state index < -0.39 is 12.1 Å². The molecule has 0 aliphatic heterocycles. The first kappa shape index (κ1) is 18.0. The van der Waals surface area contributed by atoms with Crippen molar-refractivity contribution in [1.29, 1.82) is 0 Å². The highest BCUT2D eigenvalue weighted by Crippen LogP contribution is 2.19. The van der Waals surface area contributed by atoms with Crippen molar-refractivity contribution in [3.05, 3.63) is 64.7 Å². The number of halogens is 1. The first-order valence-corrected chi connectivity index (χ1v) is 8.19. The molecule has 0 bridgehead atoms. The van der Waals surface area contributed by atoms with Gasteiger partial charge in [0, 0.05) is 16.1 Å². The second-order valence-electron chi connectivity index (χ2n) is 5.45. The van der Waals surface area contributed by atoms with Crippen molar-refractivity contribution in [2.45, 2.75) is 32.3 Å². The molecule has 24 heavy (non-hydrogen) atoms. The lowest BCUT2D eigenvalue weighted by Crippen LogP contribution is -2.26. The van der Waals surface area contributed by atoms with Crippen molar-refractivity contribution in [3.8, 4) is 5.75 Å². The molecule has 4 nitrogen and oxygen atoms in total. The zero-order valence-corrected chi connectivity index (χ0v) is 14.1. The second-order valence-corrected chi connectivity index (χ2v) is 5.88. The van der Waals surface area contributed by atoms with Crippen molar-refractivity contribution < 1.29 is 19.4 Å². The summed E-state index contributed by atoms with van der Waals surface area (Å²) in [7, 11) is 0. The lowest BCUT2D eigenvalue weighted by molar-refractivity contribution is -0.145. The Bertz CT molecular complexity index is 692. The number of carbonyl (C=O) groups excluding carboxylic acids is 1. The molecule has 0 amide bonds. The predicted octanol–water partition coefficient (Wildman–Crippen LogP) is 4.59. The number of aliphatic carboxylic acids is 1. The topological polar surface area (TPSA) is 63.6 Å². The fraction of sp³-hybridized carbons (Fsp3) is 0.263. The molecule has 2 aromatic rings. The third-order valence-corrected chi connectivity index (χ3v) is 3.85. The van der Waals surface area contributed by atoms with Gasteiger partial charge in [0.2, 0.25) is 0 Å². The van der Waals surface area contributed by atoms with Crippen molar-refractivity contribution in [1.82, 2.24) is 0 Å². The first-order valence-electron chi connectivity index (χ1n) is 7.81. The Morgan fingerprint density at radius 1 is 1.04 bits per heavy atom. The molecule has 0 spiro atoms. The maximum absolute atomic E-state index is 12.4. The van der Waals surface area contributed by atoms with E-state index in [4.69, 9.17) is 16.3 Å². The number of hydrogen-bond acceptors (Lipinski definition) is 3. The summed E-state index contributed by atoms with van der Waals surface area (Å²) in [4.78, 5) is 23.6. The van der Waals surface area contributed by atoms with Gasteiger partial charge in [-0.25, -0.2) is 4.79 Å². The molecule has 2 aromatic carbocycles. The number of hydrogen-bond donors (Lipinski definition) is 1. The van der Waals surface area contributed by atoms with E-state index >= 15 is 0 Å². The molecule has 5 heteroatoms. The highest BCUT2D eigenvalue weighted by Gasteiger charge is 2.19. The molecular weight excluding hydrogens is 328 g/mol. The minimum Gasteiger partial charge on any atom is -0.479 e. The normalized spacial score (nSPS) is 11.8. The minimum atomic E-state index is -0.982. The molecule has 1 atom stereocenters. The lowest BCUT2D eigenvalue weighted by Gasteiger charge is -2.15. The number of carboxylic acid groups (broad SMARTS) is 1. The molecular formula is C19H19ClO4. The number of benzene rings is 2. The molecule has 0 aromatic heterocycles. The minimum absolute atomic E-state index is 0.126. The van der Waals surface area contributed by atoms with Crippen LogP contribution < -0.4 is 4.74 Å². The molecule has 0 heterocycles. The van der Waals surface area contributed by atoms with Crippen LogP contribution in [0.3, 0.4) is 0 Å². The van der Waals surface area contributed by atoms with Crippen LogP contribution in [0.1, 0.15) is 42.1 Å². The number of ether oxygens (including phenoxy) is 1. The quantitative estimate of drug-likeness (QED) is 0.710. The summed E-state index contributed by atoms with van der Waals surface area (Å²) < 4.78 is 5.51. The van der Waals surface area contributed by atoms with Gasteiger partial charge >= 0.3 is 5.97 Å². The van der Waals surface area contributed by atoms with Crippen LogP contribution in [0.25, 0.3) is 0 Å². The molecule has 1 N–H and O–H groups in total. The Labute approximate surface area is 146 Å². The molecule has 0 fully saturated rings. The van der Waals surface area contributed by atoms with Gasteiger partial charge in [0.1, 0.15) is 5.75 Å². The van der Waals surface area contributed by atoms with E-state index in [0.717, 1.165) is 12.8 Å². The van der Waals surface area contributed by atoms with Crippen LogP contribution in [0.5, 0.6) is 5.75 Å². The van der Waals surface area contributed by atoms with Gasteiger partial charge in [-0.3, -0.25) is 4.79 Å². The van der Waals surface area contributed by atoms with E-state index in [1.165, 1.54) is 0 Å². The zero-order chi connectivity index (χ0) is 17.5. The SMILES string of the molecule is CCCCC(Oc1ccc(C(=O)c2ccc(Cl)cc2)cc1)C(=O)O. The van der Waals surface area contributed by atoms with Gasteiger partial charge in [-0.15, -0.1) is 0 Å². The number of unbranched alkanes of at least 4 members (excludes halogenated alkanes) is 1. The third-order valence-electron chi connectivity index (χ3n) is 3.60. The Balaban J connectivity index is 2.08. The Morgan fingerprint density at radius 2 is 1.58 bits per heavy atom. The van der Waals surface area contributed by atoms with Crippen molar-refractivity contribution in [2.24, 2.45) is 0 Å². The monoisotopic (exact) mass is 346 g/mol. The molecule has 0 radical (unpaired) electrons. The number of ketones is 1.